The van der Waals surface area contributed by atoms with Crippen LogP contribution >= 0.6 is 0 Å². The summed E-state index contributed by atoms with van der Waals surface area (Å²) in [4.78, 5) is 11.0. The predicted molar refractivity (Wildman–Crippen MR) is 68.7 cm³/mol. The Morgan fingerprint density at radius 2 is 1.89 bits per heavy atom. The Morgan fingerprint density at radius 1 is 1.17 bits per heavy atom. The van der Waals surface area contributed by atoms with Crippen LogP contribution in [0.25, 0.3) is 10.8 Å². The van der Waals surface area contributed by atoms with Gasteiger partial charge in [0.1, 0.15) is 11.5 Å². The average Bonchev–Trinajstić information content (AvgIpc) is 2.37. The largest absolute Gasteiger partial charge is 0.496 e. The fraction of sp³-hybridized carbons (Fsp3) is 0.214. The first kappa shape index (κ1) is 12.2. The highest BCUT2D eigenvalue weighted by atomic mass is 16.5. The molecule has 94 valence electrons. The summed E-state index contributed by atoms with van der Waals surface area (Å²) in [6, 6.07) is 6.75. The summed E-state index contributed by atoms with van der Waals surface area (Å²) < 4.78 is 10.6. The van der Waals surface area contributed by atoms with Gasteiger partial charge < -0.3 is 14.6 Å². The number of methoxy groups -OCH3 is 2. The van der Waals surface area contributed by atoms with E-state index < -0.39 is 5.97 Å². The van der Waals surface area contributed by atoms with Crippen molar-refractivity contribution in [2.24, 2.45) is 0 Å². The van der Waals surface area contributed by atoms with Gasteiger partial charge in [-0.25, -0.2) is 4.79 Å². The van der Waals surface area contributed by atoms with Gasteiger partial charge in [0.15, 0.2) is 0 Å². The van der Waals surface area contributed by atoms with Gasteiger partial charge in [0.25, 0.3) is 0 Å². The molecule has 0 saturated carbocycles. The number of ether oxygens (including phenoxy) is 2. The topological polar surface area (TPSA) is 55.8 Å². The molecule has 0 bridgehead atoms. The van der Waals surface area contributed by atoms with Gasteiger partial charge in [0, 0.05) is 10.9 Å². The van der Waals surface area contributed by atoms with E-state index in [9.17, 15) is 4.79 Å². The van der Waals surface area contributed by atoms with E-state index >= 15 is 0 Å². The second kappa shape index (κ2) is 4.56. The maximum absolute atomic E-state index is 11.0. The number of aromatic carboxylic acids is 1. The summed E-state index contributed by atoms with van der Waals surface area (Å²) >= 11 is 0. The Bertz CT molecular complexity index is 617. The monoisotopic (exact) mass is 246 g/mol. The summed E-state index contributed by atoms with van der Waals surface area (Å²) in [6.45, 7) is 1.90. The molecule has 0 spiro atoms. The van der Waals surface area contributed by atoms with E-state index in [0.717, 1.165) is 16.3 Å². The highest BCUT2D eigenvalue weighted by molar-refractivity contribution is 5.98. The molecule has 0 unspecified atom stereocenters. The van der Waals surface area contributed by atoms with E-state index in [0.29, 0.717) is 11.5 Å². The number of hydrogen-bond acceptors (Lipinski definition) is 3. The maximum atomic E-state index is 11.0. The van der Waals surface area contributed by atoms with E-state index in [1.807, 2.05) is 13.0 Å². The van der Waals surface area contributed by atoms with Crippen molar-refractivity contribution >= 4 is 16.7 Å². The zero-order chi connectivity index (χ0) is 13.3. The third-order valence-electron chi connectivity index (χ3n) is 2.96. The van der Waals surface area contributed by atoms with Crippen molar-refractivity contribution in [1.29, 1.82) is 0 Å². The number of benzene rings is 2. The molecule has 0 amide bonds. The van der Waals surface area contributed by atoms with Crippen molar-refractivity contribution in [3.63, 3.8) is 0 Å². The Morgan fingerprint density at radius 3 is 2.44 bits per heavy atom. The first-order valence-corrected chi connectivity index (χ1v) is 5.47. The molecule has 0 saturated heterocycles. The van der Waals surface area contributed by atoms with E-state index in [1.165, 1.54) is 0 Å². The van der Waals surface area contributed by atoms with Gasteiger partial charge in [-0.1, -0.05) is 0 Å². The van der Waals surface area contributed by atoms with Crippen molar-refractivity contribution in [2.45, 2.75) is 6.92 Å². The molecule has 0 aromatic heterocycles. The molecular formula is C14H14O4. The molecule has 4 nitrogen and oxygen atoms in total. The second-order valence-corrected chi connectivity index (χ2v) is 3.98. The lowest BCUT2D eigenvalue weighted by Gasteiger charge is -2.13. The quantitative estimate of drug-likeness (QED) is 0.904. The minimum atomic E-state index is -0.949. The molecular weight excluding hydrogens is 232 g/mol. The van der Waals surface area contributed by atoms with Gasteiger partial charge >= 0.3 is 5.97 Å². The van der Waals surface area contributed by atoms with E-state index in [4.69, 9.17) is 14.6 Å². The van der Waals surface area contributed by atoms with Gasteiger partial charge in [0.2, 0.25) is 0 Å². The molecule has 2 aromatic rings. The highest BCUT2D eigenvalue weighted by Crippen LogP contribution is 2.36. The number of fused-ring (bicyclic) bond motifs is 1. The molecule has 2 rings (SSSR count). The Labute approximate surface area is 105 Å². The normalized spacial score (nSPS) is 10.4. The van der Waals surface area contributed by atoms with Crippen molar-refractivity contribution in [3.05, 3.63) is 35.4 Å². The molecule has 18 heavy (non-hydrogen) atoms. The molecule has 0 atom stereocenters. The first-order chi connectivity index (χ1) is 8.58. The first-order valence-electron chi connectivity index (χ1n) is 5.47. The number of carbonyl (C=O) groups is 1. The van der Waals surface area contributed by atoms with Gasteiger partial charge in [-0.2, -0.15) is 0 Å². The van der Waals surface area contributed by atoms with Crippen LogP contribution in [0.15, 0.2) is 24.3 Å². The summed E-state index contributed by atoms with van der Waals surface area (Å²) in [5.41, 5.74) is 1.14. The highest BCUT2D eigenvalue weighted by Gasteiger charge is 2.13. The number of hydrogen-bond donors (Lipinski definition) is 1. The molecule has 4 heteroatoms. The van der Waals surface area contributed by atoms with Crippen molar-refractivity contribution < 1.29 is 19.4 Å². The Hall–Kier alpha value is -2.23. The minimum absolute atomic E-state index is 0.246. The number of carboxylic acids is 1. The van der Waals surface area contributed by atoms with E-state index in [1.54, 1.807) is 32.4 Å². The SMILES string of the molecule is COc1cc2cc(C(=O)O)ccc2c(OC)c1C. The lowest BCUT2D eigenvalue weighted by Crippen LogP contribution is -1.98. The summed E-state index contributed by atoms with van der Waals surface area (Å²) in [7, 11) is 3.17. The van der Waals surface area contributed by atoms with E-state index in [2.05, 4.69) is 0 Å². The van der Waals surface area contributed by atoms with Crippen LogP contribution in [0.5, 0.6) is 11.5 Å². The lowest BCUT2D eigenvalue weighted by molar-refractivity contribution is 0.0697. The second-order valence-electron chi connectivity index (χ2n) is 3.98. The van der Waals surface area contributed by atoms with E-state index in [-0.39, 0.29) is 5.56 Å². The molecule has 0 heterocycles. The zero-order valence-corrected chi connectivity index (χ0v) is 10.5. The van der Waals surface area contributed by atoms with Crippen LogP contribution in [0.4, 0.5) is 0 Å². The fourth-order valence-electron chi connectivity index (χ4n) is 2.06. The Kier molecular flexibility index (Phi) is 3.10. The molecule has 0 aliphatic rings. The van der Waals surface area contributed by atoms with Crippen LogP contribution in [-0.2, 0) is 0 Å². The standard InChI is InChI=1S/C14H14O4/c1-8-12(17-2)7-10-6-9(14(15)16)4-5-11(10)13(8)18-3/h4-7H,1-3H3,(H,15,16). The molecule has 1 N–H and O–H groups in total. The molecule has 0 aliphatic heterocycles. The van der Waals surface area contributed by atoms with Crippen LogP contribution < -0.4 is 9.47 Å². The van der Waals surface area contributed by atoms with Gasteiger partial charge in [-0.05, 0) is 36.6 Å². The predicted octanol–water partition coefficient (Wildman–Crippen LogP) is 2.86. The maximum Gasteiger partial charge on any atom is 0.335 e. The zero-order valence-electron chi connectivity index (χ0n) is 10.5. The number of rotatable bonds is 3. The lowest BCUT2D eigenvalue weighted by atomic mass is 10.0. The van der Waals surface area contributed by atoms with Gasteiger partial charge in [-0.3, -0.25) is 0 Å². The summed E-state index contributed by atoms with van der Waals surface area (Å²) in [5, 5.41) is 10.7. The molecule has 0 fully saturated rings. The summed E-state index contributed by atoms with van der Waals surface area (Å²) in [6.07, 6.45) is 0. The van der Waals surface area contributed by atoms with Gasteiger partial charge in [0.05, 0.1) is 19.8 Å². The summed E-state index contributed by atoms with van der Waals surface area (Å²) in [5.74, 6) is 0.443. The van der Waals surface area contributed by atoms with Crippen LogP contribution in [0.3, 0.4) is 0 Å². The van der Waals surface area contributed by atoms with Crippen LogP contribution in [0, 0.1) is 6.92 Å². The molecule has 2 aromatic carbocycles. The third kappa shape index (κ3) is 1.86. The van der Waals surface area contributed by atoms with Crippen molar-refractivity contribution in [3.8, 4) is 11.5 Å². The molecule has 0 radical (unpaired) electrons. The smallest absolute Gasteiger partial charge is 0.335 e. The Balaban J connectivity index is 2.79. The van der Waals surface area contributed by atoms with Crippen LogP contribution in [-0.4, -0.2) is 25.3 Å². The fourth-order valence-corrected chi connectivity index (χ4v) is 2.06. The third-order valence-corrected chi connectivity index (χ3v) is 2.96. The van der Waals surface area contributed by atoms with Gasteiger partial charge in [-0.15, -0.1) is 0 Å². The van der Waals surface area contributed by atoms with Crippen molar-refractivity contribution in [2.75, 3.05) is 14.2 Å². The molecule has 0 aliphatic carbocycles. The minimum Gasteiger partial charge on any atom is -0.496 e. The average molecular weight is 246 g/mol. The number of carboxylic acid groups (broad SMARTS) is 1. The van der Waals surface area contributed by atoms with Crippen LogP contribution in [0.2, 0.25) is 0 Å². The van der Waals surface area contributed by atoms with Crippen LogP contribution in [0.1, 0.15) is 15.9 Å². The van der Waals surface area contributed by atoms with Crippen molar-refractivity contribution in [1.82, 2.24) is 0 Å².